The van der Waals surface area contributed by atoms with Crippen molar-refractivity contribution in [3.8, 4) is 0 Å². The van der Waals surface area contributed by atoms with E-state index in [4.69, 9.17) is 47.7 Å². The highest BCUT2D eigenvalue weighted by atomic mass is 16.6. The topological polar surface area (TPSA) is 184 Å². The summed E-state index contributed by atoms with van der Waals surface area (Å²) in [6.07, 6.45) is 34.0. The van der Waals surface area contributed by atoms with Crippen molar-refractivity contribution in [1.82, 2.24) is 14.7 Å². The van der Waals surface area contributed by atoms with E-state index in [-0.39, 0.29) is 81.6 Å². The Balaban J connectivity index is 0.000000165. The van der Waals surface area contributed by atoms with E-state index < -0.39 is 0 Å². The molecule has 0 aromatic heterocycles. The van der Waals surface area contributed by atoms with Crippen LogP contribution in [0.25, 0.3) is 0 Å². The largest absolute Gasteiger partial charge is 0.400 e. The van der Waals surface area contributed by atoms with E-state index in [1.807, 2.05) is 20.3 Å². The van der Waals surface area contributed by atoms with Gasteiger partial charge in [-0.2, -0.15) is 0 Å². The van der Waals surface area contributed by atoms with E-state index >= 15 is 0 Å². The van der Waals surface area contributed by atoms with E-state index in [0.717, 1.165) is 129 Å². The first-order valence-electron chi connectivity index (χ1n) is 38.4. The number of carbonyl (C=O) groups excluding carboxylic acids is 3. The quantitative estimate of drug-likeness (QED) is 0.0392. The molecule has 544 valence electrons. The number of ketones is 3. The first-order chi connectivity index (χ1) is 45.4. The molecule has 0 aromatic carbocycles. The number of nitrogens with zero attached hydrogens (tertiary/aromatic N) is 3. The number of ether oxygens (including phenoxy) is 9. The van der Waals surface area contributed by atoms with Crippen molar-refractivity contribution in [3.05, 3.63) is 23.3 Å². The van der Waals surface area contributed by atoms with Crippen molar-refractivity contribution in [2.45, 2.75) is 330 Å². The lowest BCUT2D eigenvalue weighted by Gasteiger charge is -2.43. The SMILES string of the molecule is CO.CO[C@@H]1C(=CC(=O)CCCC2CCCN2C)CC[C@]2(CO2)[C@H]1[C@@]1(C)O[C@@H]1CC=C(C)C.CO[C@@H]1C(CC(=O)CCCC2CCCN2C)CC[C@]2(CO2)[C@H]1[C@@]1(C)O[C@@H]1CCC(C)C.CO[C@@H]1C(CC(=O)CCCC2CCCN2C)CC[C@]2(CO2)[C@H]1[C@@]1(C)O[C@@H]1CCC(C)C. The third-order valence-electron chi connectivity index (χ3n) is 25.8. The zero-order valence-electron chi connectivity index (χ0n) is 62.6. The minimum absolute atomic E-state index is 0.0511. The van der Waals surface area contributed by atoms with E-state index in [0.29, 0.717) is 97.7 Å². The molecule has 9 heterocycles. The molecule has 3 aliphatic carbocycles. The number of carbonyl (C=O) groups is 3. The van der Waals surface area contributed by atoms with E-state index in [1.54, 1.807) is 7.11 Å². The average Bonchev–Trinajstić information content (AvgIpc) is 1.55. The van der Waals surface area contributed by atoms with Gasteiger partial charge in [-0.05, 0) is 258 Å². The molecule has 12 aliphatic rings. The number of allylic oxidation sites excluding steroid dienone is 2. The van der Waals surface area contributed by atoms with E-state index in [9.17, 15) is 14.4 Å². The van der Waals surface area contributed by atoms with Crippen LogP contribution in [0.1, 0.15) is 242 Å². The van der Waals surface area contributed by atoms with Crippen molar-refractivity contribution in [1.29, 1.82) is 0 Å². The van der Waals surface area contributed by atoms with Gasteiger partial charge in [-0.25, -0.2) is 0 Å². The number of likely N-dealkylation sites (tertiary alicyclic amines) is 3. The second kappa shape index (κ2) is 33.4. The summed E-state index contributed by atoms with van der Waals surface area (Å²) in [5.74, 6) is 3.65. The van der Waals surface area contributed by atoms with Crippen LogP contribution in [0.15, 0.2) is 23.3 Å². The summed E-state index contributed by atoms with van der Waals surface area (Å²) < 4.78 is 55.3. The van der Waals surface area contributed by atoms with Crippen LogP contribution < -0.4 is 0 Å². The maximum absolute atomic E-state index is 12.9. The molecular weight excluding hydrogens is 1200 g/mol. The van der Waals surface area contributed by atoms with Crippen molar-refractivity contribution in [2.24, 2.45) is 41.4 Å². The normalized spacial score (nSPS) is 41.1. The molecule has 16 heteroatoms. The zero-order chi connectivity index (χ0) is 68.7. The lowest BCUT2D eigenvalue weighted by Crippen LogP contribution is -2.53. The van der Waals surface area contributed by atoms with Crippen LogP contribution in [-0.2, 0) is 57.0 Å². The second-order valence-corrected chi connectivity index (χ2v) is 33.7. The fourth-order valence-corrected chi connectivity index (χ4v) is 19.7. The summed E-state index contributed by atoms with van der Waals surface area (Å²) in [6, 6.07) is 2.02. The lowest BCUT2D eigenvalue weighted by molar-refractivity contribution is -0.126. The van der Waals surface area contributed by atoms with Crippen LogP contribution in [0, 0.1) is 41.4 Å². The Bertz CT molecular complexity index is 2430. The van der Waals surface area contributed by atoms with Crippen molar-refractivity contribution in [3.63, 3.8) is 0 Å². The number of methoxy groups -OCH3 is 3. The van der Waals surface area contributed by atoms with Gasteiger partial charge < -0.3 is 62.4 Å². The van der Waals surface area contributed by atoms with Crippen LogP contribution in [0.5, 0.6) is 0 Å². The molecule has 16 nitrogen and oxygen atoms in total. The number of hydrogen-bond acceptors (Lipinski definition) is 16. The Labute approximate surface area is 575 Å². The van der Waals surface area contributed by atoms with Gasteiger partial charge in [0.15, 0.2) is 5.78 Å². The van der Waals surface area contributed by atoms with Gasteiger partial charge in [-0.3, -0.25) is 14.4 Å². The zero-order valence-corrected chi connectivity index (χ0v) is 62.6. The number of aliphatic hydroxyl groups excluding tert-OH is 1. The van der Waals surface area contributed by atoms with Crippen molar-refractivity contribution < 1.29 is 62.1 Å². The molecule has 5 unspecified atom stereocenters. The number of epoxide rings is 6. The Kier molecular flexibility index (Phi) is 27.1. The van der Waals surface area contributed by atoms with Gasteiger partial charge in [0.1, 0.15) is 34.0 Å². The van der Waals surface area contributed by atoms with Crippen LogP contribution in [0.3, 0.4) is 0 Å². The summed E-state index contributed by atoms with van der Waals surface area (Å²) in [5, 5.41) is 7.00. The standard InChI is InChI=1S/2C26H45NO4.C26H41NO4.CH4O/c3*1-18(2)11-12-22-25(3,31-22)24-23(29-5)19(13-14-26(24)17-30-26)16-21(28)10-6-8-20-9-7-15-27(20)4;1-2/h2*18-20,22-24H,6-17H2,1-5H3;11,16,20,22-24H,6-10,12-15,17H2,1-5H3;2H,1H3/t2*19?,20?,22-,23-,24-,25+,26+;20?,22-,23-,24-,25+,26+;/m111./s1. The highest BCUT2D eigenvalue weighted by Gasteiger charge is 2.74. The molecule has 1 N–H and O–H groups in total. The van der Waals surface area contributed by atoms with Gasteiger partial charge in [-0.15, -0.1) is 0 Å². The lowest BCUT2D eigenvalue weighted by atomic mass is 9.64. The fourth-order valence-electron chi connectivity index (χ4n) is 19.7. The van der Waals surface area contributed by atoms with Gasteiger partial charge in [-0.1, -0.05) is 39.3 Å². The van der Waals surface area contributed by atoms with Crippen LogP contribution in [-0.4, -0.2) is 215 Å². The van der Waals surface area contributed by atoms with Crippen LogP contribution >= 0.6 is 0 Å². The molecule has 12 fully saturated rings. The number of hydrogen-bond donors (Lipinski definition) is 1. The molecule has 0 amide bonds. The maximum Gasteiger partial charge on any atom is 0.155 e. The number of rotatable bonds is 31. The van der Waals surface area contributed by atoms with Gasteiger partial charge in [0.25, 0.3) is 0 Å². The molecule has 20 atom stereocenters. The van der Waals surface area contributed by atoms with Crippen LogP contribution in [0.2, 0.25) is 0 Å². The second-order valence-electron chi connectivity index (χ2n) is 33.7. The number of Topliss-reactive ketones (excluding diaryl/α,β-unsaturated/α-hetero) is 2. The third-order valence-corrected chi connectivity index (χ3v) is 25.8. The first kappa shape index (κ1) is 77.1. The predicted molar refractivity (Wildman–Crippen MR) is 375 cm³/mol. The van der Waals surface area contributed by atoms with Gasteiger partial charge in [0.05, 0.1) is 73.6 Å². The maximum atomic E-state index is 12.9. The first-order valence-corrected chi connectivity index (χ1v) is 38.4. The molecule has 0 bridgehead atoms. The Morgan fingerprint density at radius 2 is 0.937 bits per heavy atom. The summed E-state index contributed by atoms with van der Waals surface area (Å²) in [7, 11) is 13.0. The molecule has 95 heavy (non-hydrogen) atoms. The average molecular weight is 1330 g/mol. The Morgan fingerprint density at radius 3 is 1.29 bits per heavy atom. The fraction of sp³-hybridized carbons (Fsp3) is 0.911. The smallest absolute Gasteiger partial charge is 0.155 e. The van der Waals surface area contributed by atoms with E-state index in [1.165, 1.54) is 76.6 Å². The monoisotopic (exact) mass is 1330 g/mol. The summed E-state index contributed by atoms with van der Waals surface area (Å²) in [4.78, 5) is 45.9. The third kappa shape index (κ3) is 18.8. The van der Waals surface area contributed by atoms with Gasteiger partial charge >= 0.3 is 0 Å². The number of aliphatic hydroxyl groups is 1. The Hall–Kier alpha value is -2.03. The molecule has 0 aromatic rings. The van der Waals surface area contributed by atoms with Crippen molar-refractivity contribution in [2.75, 3.05) is 89.0 Å². The minimum atomic E-state index is -0.251. The molecule has 3 spiro atoms. The van der Waals surface area contributed by atoms with Gasteiger partial charge in [0.2, 0.25) is 0 Å². The molecule has 9 saturated heterocycles. The summed E-state index contributed by atoms with van der Waals surface area (Å²) >= 11 is 0. The van der Waals surface area contributed by atoms with Crippen molar-refractivity contribution >= 4 is 17.3 Å². The van der Waals surface area contributed by atoms with Crippen LogP contribution in [0.4, 0.5) is 0 Å². The summed E-state index contributed by atoms with van der Waals surface area (Å²) in [5.41, 5.74) is 1.58. The predicted octanol–water partition coefficient (Wildman–Crippen LogP) is 13.3. The van der Waals surface area contributed by atoms with Gasteiger partial charge in [0, 0.05) is 90.5 Å². The van der Waals surface area contributed by atoms with E-state index in [2.05, 4.69) is 104 Å². The Morgan fingerprint density at radius 1 is 0.547 bits per heavy atom. The molecule has 9 aliphatic heterocycles. The minimum Gasteiger partial charge on any atom is -0.400 e. The molecule has 0 radical (unpaired) electrons. The molecule has 3 saturated carbocycles. The molecule has 12 rings (SSSR count). The summed E-state index contributed by atoms with van der Waals surface area (Å²) in [6.45, 7) is 26.1. The highest BCUT2D eigenvalue weighted by Crippen LogP contribution is 2.64. The highest BCUT2D eigenvalue weighted by molar-refractivity contribution is 5.90. The molecular formula is C79H135N3O13.